The van der Waals surface area contributed by atoms with Crippen LogP contribution < -0.4 is 9.80 Å². The van der Waals surface area contributed by atoms with Crippen molar-refractivity contribution in [2.75, 3.05) is 43.0 Å². The first kappa shape index (κ1) is 19.3. The molecule has 3 aliphatic heterocycles. The van der Waals surface area contributed by atoms with Gasteiger partial charge in [-0.1, -0.05) is 11.6 Å². The lowest BCUT2D eigenvalue weighted by Gasteiger charge is -2.60. The van der Waals surface area contributed by atoms with Crippen LogP contribution in [0.5, 0.6) is 0 Å². The van der Waals surface area contributed by atoms with E-state index in [-0.39, 0.29) is 5.41 Å². The largest absolute Gasteiger partial charge is 0.353 e. The summed E-state index contributed by atoms with van der Waals surface area (Å²) in [6.07, 6.45) is 1.82. The summed E-state index contributed by atoms with van der Waals surface area (Å²) >= 11 is 6.30. The van der Waals surface area contributed by atoms with Crippen LogP contribution in [0, 0.1) is 5.41 Å². The number of aromatic nitrogens is 6. The van der Waals surface area contributed by atoms with Crippen LogP contribution in [-0.2, 0) is 20.1 Å². The van der Waals surface area contributed by atoms with E-state index in [0.29, 0.717) is 0 Å². The summed E-state index contributed by atoms with van der Waals surface area (Å²) in [5.74, 6) is 2.94. The van der Waals surface area contributed by atoms with Crippen molar-refractivity contribution in [1.29, 1.82) is 0 Å². The molecule has 4 aromatic rings. The smallest absolute Gasteiger partial charge is 0.231 e. The molecule has 2 fully saturated rings. The summed E-state index contributed by atoms with van der Waals surface area (Å²) in [5.41, 5.74) is 3.54. The topological polar surface area (TPSA) is 71.1 Å². The molecule has 0 saturated carbocycles. The first-order valence-electron chi connectivity index (χ1n) is 11.2. The maximum Gasteiger partial charge on any atom is 0.231 e. The quantitative estimate of drug-likeness (QED) is 0.454. The zero-order valence-electron chi connectivity index (χ0n) is 18.6. The van der Waals surface area contributed by atoms with Crippen LogP contribution in [-0.4, -0.2) is 67.7 Å². The van der Waals surface area contributed by atoms with Crippen LogP contribution in [0.1, 0.15) is 11.4 Å². The van der Waals surface area contributed by atoms with Gasteiger partial charge in [0.05, 0.1) is 17.6 Å². The highest BCUT2D eigenvalue weighted by atomic mass is 35.5. The van der Waals surface area contributed by atoms with E-state index >= 15 is 0 Å². The lowest BCUT2D eigenvalue weighted by atomic mass is 9.73. The minimum Gasteiger partial charge on any atom is -0.353 e. The van der Waals surface area contributed by atoms with Crippen LogP contribution in [0.4, 0.5) is 11.8 Å². The highest BCUT2D eigenvalue weighted by Gasteiger charge is 2.54. The molecule has 0 radical (unpaired) electrons. The molecule has 0 N–H and O–H groups in total. The van der Waals surface area contributed by atoms with E-state index in [0.717, 1.165) is 78.6 Å². The van der Waals surface area contributed by atoms with E-state index < -0.39 is 0 Å². The number of hydrogen-bond donors (Lipinski definition) is 0. The Morgan fingerprint density at radius 3 is 2.64 bits per heavy atom. The van der Waals surface area contributed by atoms with E-state index in [2.05, 4.69) is 59.7 Å². The molecule has 1 aromatic carbocycles. The van der Waals surface area contributed by atoms with Gasteiger partial charge in [0.2, 0.25) is 5.95 Å². The maximum atomic E-state index is 6.30. The first-order chi connectivity index (χ1) is 16.0. The molecule has 0 atom stereocenters. The van der Waals surface area contributed by atoms with Crippen LogP contribution >= 0.6 is 11.6 Å². The third-order valence-corrected chi connectivity index (χ3v) is 7.35. The summed E-state index contributed by atoms with van der Waals surface area (Å²) in [7, 11) is 4.06. The van der Waals surface area contributed by atoms with E-state index in [1.54, 1.807) is 0 Å². The van der Waals surface area contributed by atoms with Gasteiger partial charge in [0, 0.05) is 56.4 Å². The van der Waals surface area contributed by atoms with Gasteiger partial charge < -0.3 is 9.80 Å². The van der Waals surface area contributed by atoms with Crippen molar-refractivity contribution in [1.82, 2.24) is 34.4 Å². The Hall–Kier alpha value is -3.17. The van der Waals surface area contributed by atoms with Crippen LogP contribution in [0.15, 0.2) is 36.5 Å². The molecular formula is C23H24ClN9. The number of hydrogen-bond acceptors (Lipinski definition) is 7. The minimum absolute atomic E-state index is 0.281. The highest BCUT2D eigenvalue weighted by molar-refractivity contribution is 6.30. The summed E-state index contributed by atoms with van der Waals surface area (Å²) in [6.45, 7) is 5.55. The normalized spacial score (nSPS) is 19.2. The predicted molar refractivity (Wildman–Crippen MR) is 127 cm³/mol. The van der Waals surface area contributed by atoms with Crippen molar-refractivity contribution in [2.45, 2.75) is 13.1 Å². The fourth-order valence-corrected chi connectivity index (χ4v) is 5.87. The fourth-order valence-electron chi connectivity index (χ4n) is 5.67. The molecule has 9 nitrogen and oxygen atoms in total. The lowest BCUT2D eigenvalue weighted by molar-refractivity contribution is 0.153. The van der Waals surface area contributed by atoms with Crippen molar-refractivity contribution in [2.24, 2.45) is 12.5 Å². The number of rotatable bonds is 2. The molecule has 3 aromatic heterocycles. The monoisotopic (exact) mass is 461 g/mol. The zero-order valence-corrected chi connectivity index (χ0v) is 19.4. The number of benzene rings is 1. The van der Waals surface area contributed by atoms with Gasteiger partial charge in [-0.05, 0) is 42.9 Å². The molecule has 33 heavy (non-hydrogen) atoms. The fraction of sp³-hybridized carbons (Fsp3) is 0.391. The molecule has 7 rings (SSSR count). The van der Waals surface area contributed by atoms with Crippen molar-refractivity contribution < 1.29 is 0 Å². The van der Waals surface area contributed by atoms with Gasteiger partial charge in [0.25, 0.3) is 0 Å². The van der Waals surface area contributed by atoms with Crippen molar-refractivity contribution in [3.05, 3.63) is 52.9 Å². The van der Waals surface area contributed by atoms with E-state index in [1.807, 2.05) is 30.1 Å². The average molecular weight is 462 g/mol. The Morgan fingerprint density at radius 2 is 1.79 bits per heavy atom. The predicted octanol–water partition coefficient (Wildman–Crippen LogP) is 2.47. The number of fused-ring (bicyclic) bond motifs is 4. The van der Waals surface area contributed by atoms with Gasteiger partial charge in [-0.3, -0.25) is 9.47 Å². The van der Waals surface area contributed by atoms with E-state index in [1.165, 1.54) is 5.56 Å². The summed E-state index contributed by atoms with van der Waals surface area (Å²) in [6, 6.07) is 10.2. The standard InChI is InChI=1S/C23H24ClN9/c1-29-9-15-8-16(24)5-6-18(15)33-19(10-29)26-27-22(33)32-13-23(14-32)11-31(12-23)21-17-4-3-7-25-20(17)30(2)28-21/h3-8H,9-14H2,1-2H3. The third kappa shape index (κ3) is 2.82. The minimum atomic E-state index is 0.281. The summed E-state index contributed by atoms with van der Waals surface area (Å²) < 4.78 is 4.09. The summed E-state index contributed by atoms with van der Waals surface area (Å²) in [5, 5.41) is 15.8. The number of aryl methyl sites for hydroxylation is 1. The van der Waals surface area contributed by atoms with Gasteiger partial charge in [0.1, 0.15) is 0 Å². The lowest BCUT2D eigenvalue weighted by Crippen LogP contribution is -2.73. The Balaban J connectivity index is 1.14. The van der Waals surface area contributed by atoms with Gasteiger partial charge in [-0.25, -0.2) is 9.67 Å². The van der Waals surface area contributed by atoms with Crippen molar-refractivity contribution in [3.63, 3.8) is 0 Å². The summed E-state index contributed by atoms with van der Waals surface area (Å²) in [4.78, 5) is 11.5. The Kier molecular flexibility index (Phi) is 3.91. The van der Waals surface area contributed by atoms with E-state index in [4.69, 9.17) is 16.7 Å². The number of anilines is 2. The van der Waals surface area contributed by atoms with E-state index in [9.17, 15) is 0 Å². The highest BCUT2D eigenvalue weighted by Crippen LogP contribution is 2.45. The molecule has 10 heteroatoms. The SMILES string of the molecule is CN1Cc2cc(Cl)ccc2-n2c(nnc2N2CC3(CN(c4nn(C)c5ncccc45)C3)C2)C1. The molecular weight excluding hydrogens is 438 g/mol. The molecule has 6 heterocycles. The molecule has 3 aliphatic rings. The van der Waals surface area contributed by atoms with Crippen molar-refractivity contribution >= 4 is 34.4 Å². The molecule has 2 saturated heterocycles. The second-order valence-electron chi connectivity index (χ2n) is 9.73. The van der Waals surface area contributed by atoms with Crippen LogP contribution in [0.25, 0.3) is 16.7 Å². The molecule has 168 valence electrons. The number of halogens is 1. The zero-order chi connectivity index (χ0) is 22.3. The molecule has 1 spiro atoms. The van der Waals surface area contributed by atoms with Gasteiger partial charge in [0.15, 0.2) is 17.3 Å². The Bertz CT molecular complexity index is 1390. The molecule has 0 unspecified atom stereocenters. The van der Waals surface area contributed by atoms with Gasteiger partial charge >= 0.3 is 0 Å². The molecule has 0 amide bonds. The van der Waals surface area contributed by atoms with Crippen LogP contribution in [0.3, 0.4) is 0 Å². The van der Waals surface area contributed by atoms with Gasteiger partial charge in [-0.15, -0.1) is 10.2 Å². The first-order valence-corrected chi connectivity index (χ1v) is 11.6. The number of pyridine rings is 1. The maximum absolute atomic E-state index is 6.30. The Labute approximate surface area is 196 Å². The van der Waals surface area contributed by atoms with Crippen molar-refractivity contribution in [3.8, 4) is 5.69 Å². The second kappa shape index (κ2) is 6.68. The second-order valence-corrected chi connectivity index (χ2v) is 10.2. The molecule has 0 aliphatic carbocycles. The third-order valence-electron chi connectivity index (χ3n) is 7.11. The Morgan fingerprint density at radius 1 is 0.970 bits per heavy atom. The average Bonchev–Trinajstić information content (AvgIpc) is 3.24. The van der Waals surface area contributed by atoms with Gasteiger partial charge in [-0.2, -0.15) is 5.10 Å². The van der Waals surface area contributed by atoms with Crippen LogP contribution in [0.2, 0.25) is 5.02 Å². The molecule has 0 bridgehead atoms. The number of nitrogens with zero attached hydrogens (tertiary/aromatic N) is 9.